The molecule has 0 bridgehead atoms. The van der Waals surface area contributed by atoms with E-state index in [-0.39, 0.29) is 16.3 Å². The van der Waals surface area contributed by atoms with E-state index in [0.717, 1.165) is 17.7 Å². The molecule has 3 aromatic rings. The molecule has 2 aliphatic heterocycles. The van der Waals surface area contributed by atoms with Gasteiger partial charge in [0.15, 0.2) is 0 Å². The number of carbonyl (C=O) groups is 2. The summed E-state index contributed by atoms with van der Waals surface area (Å²) in [6.07, 6.45) is -4.31. The van der Waals surface area contributed by atoms with E-state index in [1.54, 1.807) is 6.07 Å². The number of amides is 3. The standard InChI is InChI=1S/C24H15ClF5N3O2/c25-17-3-2-14(26)10-16(17)20-19-18(4-1-11-5-6-33(21(11)19)23(35)32-20)31-22(34)12-7-13(24(28,29)30)9-15(27)8-12/h1-4,7-10,20H,5-6H2,(H,31,34)(H,32,35). The van der Waals surface area contributed by atoms with Gasteiger partial charge in [-0.2, -0.15) is 13.2 Å². The first-order chi connectivity index (χ1) is 16.5. The fourth-order valence-corrected chi connectivity index (χ4v) is 4.67. The van der Waals surface area contributed by atoms with Crippen LogP contribution in [0.2, 0.25) is 5.02 Å². The quantitative estimate of drug-likeness (QED) is 0.423. The van der Waals surface area contributed by atoms with Crippen molar-refractivity contribution >= 4 is 34.9 Å². The van der Waals surface area contributed by atoms with Crippen LogP contribution in [-0.2, 0) is 12.6 Å². The Morgan fingerprint density at radius 2 is 1.83 bits per heavy atom. The Morgan fingerprint density at radius 3 is 2.57 bits per heavy atom. The predicted octanol–water partition coefficient (Wildman–Crippen LogP) is 6.06. The first-order valence-corrected chi connectivity index (χ1v) is 10.8. The Kier molecular flexibility index (Phi) is 5.43. The van der Waals surface area contributed by atoms with Crippen LogP contribution in [0.4, 0.5) is 38.1 Å². The third-order valence-electron chi connectivity index (χ3n) is 5.98. The van der Waals surface area contributed by atoms with Gasteiger partial charge in [0.05, 0.1) is 17.3 Å². The molecule has 1 atom stereocenters. The average Bonchev–Trinajstić information content (AvgIpc) is 3.23. The molecule has 3 amide bonds. The second-order valence-corrected chi connectivity index (χ2v) is 8.57. The number of anilines is 2. The van der Waals surface area contributed by atoms with E-state index in [9.17, 15) is 31.5 Å². The van der Waals surface area contributed by atoms with E-state index in [2.05, 4.69) is 10.6 Å². The summed E-state index contributed by atoms with van der Waals surface area (Å²) in [7, 11) is 0. The van der Waals surface area contributed by atoms with Crippen molar-refractivity contribution < 1.29 is 31.5 Å². The van der Waals surface area contributed by atoms with Gasteiger partial charge in [-0.15, -0.1) is 0 Å². The highest BCUT2D eigenvalue weighted by atomic mass is 35.5. The van der Waals surface area contributed by atoms with E-state index in [1.807, 2.05) is 0 Å². The average molecular weight is 508 g/mol. The lowest BCUT2D eigenvalue weighted by Gasteiger charge is -2.34. The SMILES string of the molecule is O=C(Nc1ccc2c3c1C(c1cc(F)ccc1Cl)NC(=O)N3CC2)c1cc(F)cc(C(F)(F)F)c1. The van der Waals surface area contributed by atoms with Gasteiger partial charge in [-0.3, -0.25) is 9.69 Å². The molecule has 2 heterocycles. The number of hydrogen-bond donors (Lipinski definition) is 2. The minimum Gasteiger partial charge on any atom is -0.327 e. The summed E-state index contributed by atoms with van der Waals surface area (Å²) in [4.78, 5) is 27.1. The Balaban J connectivity index is 1.61. The molecular weight excluding hydrogens is 493 g/mol. The smallest absolute Gasteiger partial charge is 0.327 e. The van der Waals surface area contributed by atoms with E-state index in [4.69, 9.17) is 11.6 Å². The van der Waals surface area contributed by atoms with Crippen molar-refractivity contribution in [3.8, 4) is 0 Å². The molecule has 0 aromatic heterocycles. The Labute approximate surface area is 200 Å². The highest BCUT2D eigenvalue weighted by molar-refractivity contribution is 6.31. The Morgan fingerprint density at radius 1 is 1.06 bits per heavy atom. The number of hydrogen-bond acceptors (Lipinski definition) is 2. The number of carbonyl (C=O) groups excluding carboxylic acids is 2. The summed E-state index contributed by atoms with van der Waals surface area (Å²) in [5, 5.41) is 5.45. The van der Waals surface area contributed by atoms with E-state index in [0.29, 0.717) is 42.4 Å². The van der Waals surface area contributed by atoms with Crippen molar-refractivity contribution in [2.24, 2.45) is 0 Å². The number of nitrogens with zero attached hydrogens (tertiary/aromatic N) is 1. The summed E-state index contributed by atoms with van der Waals surface area (Å²) in [5.74, 6) is -2.81. The van der Waals surface area contributed by atoms with Crippen LogP contribution in [-0.4, -0.2) is 18.5 Å². The Hall–Kier alpha value is -3.66. The number of rotatable bonds is 3. The molecule has 0 fully saturated rings. The van der Waals surface area contributed by atoms with Crippen LogP contribution in [0.5, 0.6) is 0 Å². The first kappa shape index (κ1) is 23.1. The van der Waals surface area contributed by atoms with Crippen LogP contribution < -0.4 is 15.5 Å². The molecule has 2 aliphatic rings. The second kappa shape index (κ2) is 8.23. The first-order valence-electron chi connectivity index (χ1n) is 10.4. The van der Waals surface area contributed by atoms with Crippen molar-refractivity contribution in [3.05, 3.63) is 93.0 Å². The zero-order valence-electron chi connectivity index (χ0n) is 17.6. The monoisotopic (exact) mass is 507 g/mol. The van der Waals surface area contributed by atoms with E-state index >= 15 is 0 Å². The molecule has 0 saturated heterocycles. The van der Waals surface area contributed by atoms with Crippen LogP contribution in [0.15, 0.2) is 48.5 Å². The Bertz CT molecular complexity index is 1390. The number of urea groups is 1. The molecule has 180 valence electrons. The zero-order chi connectivity index (χ0) is 25.1. The number of nitrogens with one attached hydrogen (secondary N) is 2. The summed E-state index contributed by atoms with van der Waals surface area (Å²) in [6.45, 7) is 0.369. The van der Waals surface area contributed by atoms with Crippen molar-refractivity contribution in [3.63, 3.8) is 0 Å². The van der Waals surface area contributed by atoms with Crippen LogP contribution in [0.25, 0.3) is 0 Å². The molecular formula is C24H15ClF5N3O2. The molecule has 0 radical (unpaired) electrons. The van der Waals surface area contributed by atoms with E-state index < -0.39 is 46.9 Å². The molecule has 0 spiro atoms. The predicted molar refractivity (Wildman–Crippen MR) is 119 cm³/mol. The fraction of sp³-hybridized carbons (Fsp3) is 0.167. The van der Waals surface area contributed by atoms with Crippen molar-refractivity contribution in [2.45, 2.75) is 18.6 Å². The van der Waals surface area contributed by atoms with Gasteiger partial charge in [0.1, 0.15) is 11.6 Å². The van der Waals surface area contributed by atoms with Gasteiger partial charge < -0.3 is 10.6 Å². The lowest BCUT2D eigenvalue weighted by Crippen LogP contribution is -2.46. The topological polar surface area (TPSA) is 61.4 Å². The van der Waals surface area contributed by atoms with Gasteiger partial charge in [-0.1, -0.05) is 17.7 Å². The number of benzene rings is 3. The number of halogens is 6. The summed E-state index contributed by atoms with van der Waals surface area (Å²) >= 11 is 6.30. The molecule has 0 aliphatic carbocycles. The third-order valence-corrected chi connectivity index (χ3v) is 6.33. The third kappa shape index (κ3) is 4.07. The summed E-state index contributed by atoms with van der Waals surface area (Å²) in [5.41, 5.74) is 0.253. The molecule has 3 aromatic carbocycles. The van der Waals surface area contributed by atoms with Gasteiger partial charge in [0.2, 0.25) is 0 Å². The lowest BCUT2D eigenvalue weighted by molar-refractivity contribution is -0.137. The zero-order valence-corrected chi connectivity index (χ0v) is 18.4. The van der Waals surface area contributed by atoms with Crippen molar-refractivity contribution in [1.82, 2.24) is 5.32 Å². The lowest BCUT2D eigenvalue weighted by atomic mass is 9.91. The fourth-order valence-electron chi connectivity index (χ4n) is 4.44. The highest BCUT2D eigenvalue weighted by Gasteiger charge is 2.39. The maximum absolute atomic E-state index is 14.1. The van der Waals surface area contributed by atoms with Gasteiger partial charge in [0.25, 0.3) is 5.91 Å². The summed E-state index contributed by atoms with van der Waals surface area (Å²) in [6, 6.07) is 7.01. The molecule has 2 N–H and O–H groups in total. The van der Waals surface area contributed by atoms with Gasteiger partial charge >= 0.3 is 12.2 Å². The normalized spacial score (nSPS) is 16.7. The molecule has 35 heavy (non-hydrogen) atoms. The minimum atomic E-state index is -4.85. The maximum atomic E-state index is 14.1. The van der Waals surface area contributed by atoms with Crippen LogP contribution in [0, 0.1) is 11.6 Å². The molecule has 5 nitrogen and oxygen atoms in total. The summed E-state index contributed by atoms with van der Waals surface area (Å²) < 4.78 is 67.3. The number of alkyl halides is 3. The molecule has 11 heteroatoms. The van der Waals surface area contributed by atoms with Crippen LogP contribution in [0.1, 0.15) is 38.7 Å². The van der Waals surface area contributed by atoms with E-state index in [1.165, 1.54) is 17.0 Å². The molecule has 5 rings (SSSR count). The maximum Gasteiger partial charge on any atom is 0.416 e. The van der Waals surface area contributed by atoms with Crippen LogP contribution >= 0.6 is 11.6 Å². The van der Waals surface area contributed by atoms with Gasteiger partial charge in [-0.25, -0.2) is 13.6 Å². The van der Waals surface area contributed by atoms with Crippen LogP contribution in [0.3, 0.4) is 0 Å². The highest BCUT2D eigenvalue weighted by Crippen LogP contribution is 2.46. The van der Waals surface area contributed by atoms with Gasteiger partial charge in [-0.05, 0) is 54.4 Å². The minimum absolute atomic E-state index is 0.156. The molecule has 1 unspecified atom stereocenters. The van der Waals surface area contributed by atoms with Crippen molar-refractivity contribution in [1.29, 1.82) is 0 Å². The molecule has 0 saturated carbocycles. The van der Waals surface area contributed by atoms with Crippen molar-refractivity contribution in [2.75, 3.05) is 16.8 Å². The second-order valence-electron chi connectivity index (χ2n) is 8.16. The van der Waals surface area contributed by atoms with Gasteiger partial charge in [0, 0.05) is 33.9 Å². The largest absolute Gasteiger partial charge is 0.416 e.